The number of tetrazole rings is 1. The third-order valence-electron chi connectivity index (χ3n) is 4.34. The van der Waals surface area contributed by atoms with Crippen molar-refractivity contribution in [1.82, 2.24) is 25.5 Å². The maximum Gasteiger partial charge on any atom is 0.224 e. The fourth-order valence-corrected chi connectivity index (χ4v) is 4.36. The van der Waals surface area contributed by atoms with Gasteiger partial charge in [0, 0.05) is 11.3 Å². The lowest BCUT2D eigenvalue weighted by molar-refractivity contribution is -0.121. The summed E-state index contributed by atoms with van der Waals surface area (Å²) in [7, 11) is 0. The molecule has 0 unspecified atom stereocenters. The largest absolute Gasteiger partial charge is 0.352 e. The van der Waals surface area contributed by atoms with Gasteiger partial charge in [-0.25, -0.2) is 4.68 Å². The van der Waals surface area contributed by atoms with Gasteiger partial charge in [-0.1, -0.05) is 31.9 Å². The first-order valence-electron chi connectivity index (χ1n) is 8.49. The highest BCUT2D eigenvalue weighted by atomic mass is 32.2. The van der Waals surface area contributed by atoms with E-state index in [0.29, 0.717) is 17.7 Å². The molecule has 1 aliphatic carbocycles. The van der Waals surface area contributed by atoms with E-state index in [1.165, 1.54) is 19.3 Å². The van der Waals surface area contributed by atoms with Crippen LogP contribution in [0, 0.1) is 0 Å². The summed E-state index contributed by atoms with van der Waals surface area (Å²) >= 11 is 1.97. The van der Waals surface area contributed by atoms with E-state index in [2.05, 4.69) is 27.8 Å². The number of carbonyl (C=O) groups excluding carboxylic acids is 1. The minimum Gasteiger partial charge on any atom is -0.352 e. The normalized spacial score (nSPS) is 20.7. The summed E-state index contributed by atoms with van der Waals surface area (Å²) in [6, 6.07) is 8.08. The van der Waals surface area contributed by atoms with Crippen LogP contribution in [0.4, 0.5) is 0 Å². The third kappa shape index (κ3) is 4.35. The Labute approximate surface area is 146 Å². The van der Waals surface area contributed by atoms with Crippen molar-refractivity contribution in [2.45, 2.75) is 50.3 Å². The van der Waals surface area contributed by atoms with E-state index in [1.54, 1.807) is 11.0 Å². The highest BCUT2D eigenvalue weighted by molar-refractivity contribution is 7.99. The highest BCUT2D eigenvalue weighted by Crippen LogP contribution is 2.28. The van der Waals surface area contributed by atoms with Gasteiger partial charge in [-0.15, -0.1) is 5.10 Å². The molecule has 0 aliphatic heterocycles. The van der Waals surface area contributed by atoms with Crippen LogP contribution < -0.4 is 5.32 Å². The zero-order valence-corrected chi connectivity index (χ0v) is 14.7. The van der Waals surface area contributed by atoms with Crippen molar-refractivity contribution in [3.05, 3.63) is 36.2 Å². The second kappa shape index (κ2) is 8.28. The molecule has 2 aromatic rings. The summed E-state index contributed by atoms with van der Waals surface area (Å²) in [5, 5.41) is 14.9. The number of nitrogens with zero attached hydrogens (tertiary/aromatic N) is 4. The molecule has 1 aromatic carbocycles. The van der Waals surface area contributed by atoms with Crippen LogP contribution >= 0.6 is 11.8 Å². The molecule has 24 heavy (non-hydrogen) atoms. The average molecular weight is 345 g/mol. The Kier molecular flexibility index (Phi) is 5.85. The summed E-state index contributed by atoms with van der Waals surface area (Å²) in [5.74, 6) is 1.22. The molecule has 6 nitrogen and oxygen atoms in total. The predicted octanol–water partition coefficient (Wildman–Crippen LogP) is 2.39. The van der Waals surface area contributed by atoms with Crippen molar-refractivity contribution in [3.8, 4) is 5.69 Å². The first kappa shape index (κ1) is 17.0. The molecule has 7 heteroatoms. The number of amides is 1. The molecule has 0 radical (unpaired) electrons. The first-order chi connectivity index (χ1) is 11.8. The van der Waals surface area contributed by atoms with E-state index in [-0.39, 0.29) is 5.91 Å². The Morgan fingerprint density at radius 3 is 2.79 bits per heavy atom. The Morgan fingerprint density at radius 1 is 1.29 bits per heavy atom. The fourth-order valence-electron chi connectivity index (χ4n) is 3.16. The number of aromatic nitrogens is 4. The Morgan fingerprint density at radius 2 is 2.08 bits per heavy atom. The van der Waals surface area contributed by atoms with E-state index in [4.69, 9.17) is 0 Å². The van der Waals surface area contributed by atoms with E-state index in [1.807, 2.05) is 36.0 Å². The summed E-state index contributed by atoms with van der Waals surface area (Å²) in [6.07, 6.45) is 6.77. The van der Waals surface area contributed by atoms with Gasteiger partial charge in [-0.05, 0) is 46.7 Å². The minimum absolute atomic E-state index is 0.110. The molecule has 0 spiro atoms. The van der Waals surface area contributed by atoms with Gasteiger partial charge in [0.05, 0.1) is 12.1 Å². The van der Waals surface area contributed by atoms with Gasteiger partial charge in [0.15, 0.2) is 0 Å². The number of nitrogens with one attached hydrogen (secondary N) is 1. The van der Waals surface area contributed by atoms with Gasteiger partial charge in [0.1, 0.15) is 6.33 Å². The van der Waals surface area contributed by atoms with Crippen molar-refractivity contribution >= 4 is 17.7 Å². The van der Waals surface area contributed by atoms with Crippen molar-refractivity contribution in [2.24, 2.45) is 0 Å². The van der Waals surface area contributed by atoms with Crippen LogP contribution in [0.5, 0.6) is 0 Å². The Hall–Kier alpha value is -1.89. The van der Waals surface area contributed by atoms with Gasteiger partial charge in [0.2, 0.25) is 5.91 Å². The topological polar surface area (TPSA) is 72.7 Å². The lowest BCUT2D eigenvalue weighted by atomic mass is 9.94. The molecule has 1 saturated carbocycles. The summed E-state index contributed by atoms with van der Waals surface area (Å²) in [6.45, 7) is 2.18. The van der Waals surface area contributed by atoms with Gasteiger partial charge >= 0.3 is 0 Å². The smallest absolute Gasteiger partial charge is 0.224 e. The quantitative estimate of drug-likeness (QED) is 0.870. The zero-order valence-electron chi connectivity index (χ0n) is 13.9. The molecule has 3 rings (SSSR count). The lowest BCUT2D eigenvalue weighted by Gasteiger charge is -2.31. The maximum atomic E-state index is 12.4. The average Bonchev–Trinajstić information content (AvgIpc) is 3.12. The van der Waals surface area contributed by atoms with Crippen LogP contribution in [0.2, 0.25) is 0 Å². The van der Waals surface area contributed by atoms with Gasteiger partial charge in [0.25, 0.3) is 0 Å². The maximum absolute atomic E-state index is 12.4. The third-order valence-corrected chi connectivity index (χ3v) is 5.67. The van der Waals surface area contributed by atoms with Crippen molar-refractivity contribution in [2.75, 3.05) is 5.75 Å². The molecule has 2 atom stereocenters. The summed E-state index contributed by atoms with van der Waals surface area (Å²) in [4.78, 5) is 12.4. The van der Waals surface area contributed by atoms with Crippen LogP contribution in [-0.2, 0) is 11.2 Å². The number of thioether (sulfide) groups is 1. The SMILES string of the molecule is CCS[C@@H]1CCCC[C@@H]1NC(=O)Cc1ccc(-n2cnnn2)cc1. The number of benzene rings is 1. The molecule has 1 heterocycles. The number of rotatable bonds is 6. The molecule has 1 N–H and O–H groups in total. The molecule has 1 amide bonds. The number of carbonyl (C=O) groups is 1. The van der Waals surface area contributed by atoms with Crippen LogP contribution in [0.1, 0.15) is 38.2 Å². The second-order valence-electron chi connectivity index (χ2n) is 6.05. The molecular formula is C17H23N5OS. The zero-order chi connectivity index (χ0) is 16.8. The van der Waals surface area contributed by atoms with Crippen LogP contribution in [0.25, 0.3) is 5.69 Å². The molecule has 1 aliphatic rings. The van der Waals surface area contributed by atoms with Gasteiger partial charge in [-0.2, -0.15) is 11.8 Å². The monoisotopic (exact) mass is 345 g/mol. The standard InChI is InChI=1S/C17H23N5OS/c1-2-24-16-6-4-3-5-15(16)19-17(23)11-13-7-9-14(10-8-13)22-12-18-20-21-22/h7-10,12,15-16H,2-6,11H2,1H3,(H,19,23)/t15-,16+/m0/s1. The molecule has 128 valence electrons. The fraction of sp³-hybridized carbons (Fsp3) is 0.529. The second-order valence-corrected chi connectivity index (χ2v) is 7.57. The van der Waals surface area contributed by atoms with Crippen molar-refractivity contribution in [1.29, 1.82) is 0 Å². The molecule has 0 saturated heterocycles. The van der Waals surface area contributed by atoms with Crippen molar-refractivity contribution in [3.63, 3.8) is 0 Å². The number of hydrogen-bond donors (Lipinski definition) is 1. The van der Waals surface area contributed by atoms with E-state index < -0.39 is 0 Å². The van der Waals surface area contributed by atoms with Crippen LogP contribution in [0.15, 0.2) is 30.6 Å². The lowest BCUT2D eigenvalue weighted by Crippen LogP contribution is -2.44. The van der Waals surface area contributed by atoms with E-state index in [0.717, 1.165) is 23.4 Å². The van der Waals surface area contributed by atoms with Gasteiger partial charge in [-0.3, -0.25) is 4.79 Å². The number of hydrogen-bond acceptors (Lipinski definition) is 5. The summed E-state index contributed by atoms with van der Waals surface area (Å²) in [5.41, 5.74) is 1.88. The highest BCUT2D eigenvalue weighted by Gasteiger charge is 2.26. The summed E-state index contributed by atoms with van der Waals surface area (Å²) < 4.78 is 1.60. The molecule has 1 fully saturated rings. The van der Waals surface area contributed by atoms with E-state index in [9.17, 15) is 4.79 Å². The van der Waals surface area contributed by atoms with E-state index >= 15 is 0 Å². The first-order valence-corrected chi connectivity index (χ1v) is 9.54. The van der Waals surface area contributed by atoms with Crippen LogP contribution in [0.3, 0.4) is 0 Å². The Balaban J connectivity index is 1.56. The molecule has 0 bridgehead atoms. The molecule has 1 aromatic heterocycles. The Bertz CT molecular complexity index is 642. The van der Waals surface area contributed by atoms with Gasteiger partial charge < -0.3 is 5.32 Å². The minimum atomic E-state index is 0.110. The predicted molar refractivity (Wildman–Crippen MR) is 95.2 cm³/mol. The van der Waals surface area contributed by atoms with Crippen LogP contribution in [-0.4, -0.2) is 43.2 Å². The van der Waals surface area contributed by atoms with Crippen molar-refractivity contribution < 1.29 is 4.79 Å². The molecular weight excluding hydrogens is 322 g/mol.